The zero-order valence-electron chi connectivity index (χ0n) is 15.1. The summed E-state index contributed by atoms with van der Waals surface area (Å²) in [4.78, 5) is 12.6. The molecule has 0 heterocycles. The Morgan fingerprint density at radius 2 is 1.77 bits per heavy atom. The first-order valence-electron chi connectivity index (χ1n) is 8.08. The third kappa shape index (κ3) is 6.08. The molecule has 0 fully saturated rings. The molecule has 1 amide bonds. The number of rotatable bonds is 6. The van der Waals surface area contributed by atoms with E-state index in [9.17, 15) is 4.79 Å². The lowest BCUT2D eigenvalue weighted by atomic mass is 9.81. The van der Waals surface area contributed by atoms with Gasteiger partial charge in [-0.05, 0) is 50.7 Å². The molecule has 1 aromatic rings. The minimum atomic E-state index is -0.458. The summed E-state index contributed by atoms with van der Waals surface area (Å²) in [5, 5.41) is 3.14. The van der Waals surface area contributed by atoms with E-state index < -0.39 is 6.10 Å². The second-order valence-corrected chi connectivity index (χ2v) is 7.89. The molecule has 22 heavy (non-hydrogen) atoms. The summed E-state index contributed by atoms with van der Waals surface area (Å²) in [5.74, 6) is 0.734. The van der Waals surface area contributed by atoms with E-state index in [0.29, 0.717) is 6.42 Å². The van der Waals surface area contributed by atoms with Crippen LogP contribution in [0.2, 0.25) is 0 Å². The minimum Gasteiger partial charge on any atom is -0.480 e. The van der Waals surface area contributed by atoms with Gasteiger partial charge in [0.05, 0.1) is 0 Å². The lowest BCUT2D eigenvalue weighted by Gasteiger charge is -2.34. The first-order valence-corrected chi connectivity index (χ1v) is 8.08. The number of hydrogen-bond donors (Lipinski definition) is 1. The van der Waals surface area contributed by atoms with E-state index in [1.165, 1.54) is 0 Å². The minimum absolute atomic E-state index is 0.0417. The number of ether oxygens (including phenoxy) is 1. The van der Waals surface area contributed by atoms with Crippen LogP contribution >= 0.6 is 0 Å². The van der Waals surface area contributed by atoms with Crippen molar-refractivity contribution in [3.63, 3.8) is 0 Å². The van der Waals surface area contributed by atoms with Gasteiger partial charge in [0.15, 0.2) is 6.10 Å². The molecule has 0 saturated carbocycles. The van der Waals surface area contributed by atoms with Gasteiger partial charge >= 0.3 is 0 Å². The Hall–Kier alpha value is -1.51. The normalized spacial score (nSPS) is 13.6. The van der Waals surface area contributed by atoms with Crippen molar-refractivity contribution in [1.82, 2.24) is 5.32 Å². The maximum Gasteiger partial charge on any atom is 0.261 e. The average molecular weight is 305 g/mol. The van der Waals surface area contributed by atoms with Gasteiger partial charge in [-0.2, -0.15) is 0 Å². The van der Waals surface area contributed by atoms with E-state index >= 15 is 0 Å². The maximum absolute atomic E-state index is 12.6. The third-order valence-corrected chi connectivity index (χ3v) is 3.46. The predicted octanol–water partition coefficient (Wildman–Crippen LogP) is 4.48. The van der Waals surface area contributed by atoms with Gasteiger partial charge in [0.25, 0.3) is 5.91 Å². The Morgan fingerprint density at radius 3 is 2.27 bits per heavy atom. The summed E-state index contributed by atoms with van der Waals surface area (Å²) in [5.41, 5.74) is 0.954. The van der Waals surface area contributed by atoms with Crippen LogP contribution in [0.25, 0.3) is 0 Å². The fourth-order valence-corrected chi connectivity index (χ4v) is 2.95. The molecule has 124 valence electrons. The van der Waals surface area contributed by atoms with Gasteiger partial charge in [0, 0.05) is 5.54 Å². The van der Waals surface area contributed by atoms with Crippen molar-refractivity contribution >= 4 is 5.91 Å². The first kappa shape index (κ1) is 18.5. The highest BCUT2D eigenvalue weighted by Gasteiger charge is 2.30. The summed E-state index contributed by atoms with van der Waals surface area (Å²) in [7, 11) is 0. The van der Waals surface area contributed by atoms with Crippen LogP contribution in [0.4, 0.5) is 0 Å². The highest BCUT2D eigenvalue weighted by molar-refractivity contribution is 5.81. The smallest absolute Gasteiger partial charge is 0.261 e. The maximum atomic E-state index is 12.6. The molecule has 0 aromatic heterocycles. The summed E-state index contributed by atoms with van der Waals surface area (Å²) in [6.07, 6.45) is 1.10. The van der Waals surface area contributed by atoms with Crippen molar-refractivity contribution in [2.24, 2.45) is 5.41 Å². The molecule has 0 bridgehead atoms. The summed E-state index contributed by atoms with van der Waals surface area (Å²) in [6.45, 7) is 14.6. The van der Waals surface area contributed by atoms with E-state index in [2.05, 4.69) is 39.9 Å². The molecule has 0 aliphatic rings. The number of aryl methyl sites for hydroxylation is 1. The van der Waals surface area contributed by atoms with Gasteiger partial charge in [-0.25, -0.2) is 0 Å². The van der Waals surface area contributed by atoms with E-state index in [1.807, 2.05) is 38.1 Å². The number of amides is 1. The van der Waals surface area contributed by atoms with Crippen LogP contribution in [0.3, 0.4) is 0 Å². The quantitative estimate of drug-likeness (QED) is 0.841. The summed E-state index contributed by atoms with van der Waals surface area (Å²) >= 11 is 0. The number of carbonyl (C=O) groups is 1. The SMILES string of the molecule is CC[C@@H](Oc1ccccc1C)C(=O)NC(C)(C)CC(C)(C)C. The van der Waals surface area contributed by atoms with Crippen LogP contribution in [0.15, 0.2) is 24.3 Å². The van der Waals surface area contributed by atoms with Crippen LogP contribution in [0.5, 0.6) is 5.75 Å². The number of benzene rings is 1. The molecular formula is C19H31NO2. The molecule has 0 aliphatic heterocycles. The predicted molar refractivity (Wildman–Crippen MR) is 92.2 cm³/mol. The summed E-state index contributed by atoms with van der Waals surface area (Å²) < 4.78 is 5.92. The largest absolute Gasteiger partial charge is 0.480 e. The van der Waals surface area contributed by atoms with E-state index in [4.69, 9.17) is 4.74 Å². The Morgan fingerprint density at radius 1 is 1.18 bits per heavy atom. The lowest BCUT2D eigenvalue weighted by Crippen LogP contribution is -2.50. The summed E-state index contributed by atoms with van der Waals surface area (Å²) in [6, 6.07) is 7.79. The molecule has 3 nitrogen and oxygen atoms in total. The van der Waals surface area contributed by atoms with Gasteiger partial charge in [-0.15, -0.1) is 0 Å². The molecule has 0 spiro atoms. The molecule has 0 saturated heterocycles. The molecule has 1 rings (SSSR count). The lowest BCUT2D eigenvalue weighted by molar-refractivity contribution is -0.130. The number of carbonyl (C=O) groups excluding carboxylic acids is 1. The Balaban J connectivity index is 2.75. The van der Waals surface area contributed by atoms with Crippen LogP contribution < -0.4 is 10.1 Å². The Bertz CT molecular complexity index is 500. The van der Waals surface area contributed by atoms with Gasteiger partial charge in [0.1, 0.15) is 5.75 Å². The van der Waals surface area contributed by atoms with E-state index in [0.717, 1.165) is 17.7 Å². The molecule has 1 aromatic carbocycles. The van der Waals surface area contributed by atoms with Crippen LogP contribution in [0.1, 0.15) is 59.9 Å². The second kappa shape index (κ2) is 7.17. The van der Waals surface area contributed by atoms with E-state index in [1.54, 1.807) is 0 Å². The van der Waals surface area contributed by atoms with Crippen molar-refractivity contribution in [2.75, 3.05) is 0 Å². The average Bonchev–Trinajstić information content (AvgIpc) is 2.33. The van der Waals surface area contributed by atoms with Gasteiger partial charge in [0.2, 0.25) is 0 Å². The highest BCUT2D eigenvalue weighted by atomic mass is 16.5. The second-order valence-electron chi connectivity index (χ2n) is 7.89. The van der Waals surface area contributed by atoms with Crippen LogP contribution in [-0.2, 0) is 4.79 Å². The zero-order chi connectivity index (χ0) is 17.0. The van der Waals surface area contributed by atoms with Crippen LogP contribution in [-0.4, -0.2) is 17.6 Å². The topological polar surface area (TPSA) is 38.3 Å². The molecule has 0 aliphatic carbocycles. The Labute approximate surface area is 135 Å². The van der Waals surface area contributed by atoms with Gasteiger partial charge in [-0.3, -0.25) is 4.79 Å². The number of nitrogens with one attached hydrogen (secondary N) is 1. The number of hydrogen-bond acceptors (Lipinski definition) is 2. The molecule has 3 heteroatoms. The standard InChI is InChI=1S/C19H31NO2/c1-8-15(22-16-12-10-9-11-14(16)2)17(21)20-19(6,7)13-18(3,4)5/h9-12,15H,8,13H2,1-7H3,(H,20,21)/t15-/m1/s1. The molecular weight excluding hydrogens is 274 g/mol. The monoisotopic (exact) mass is 305 g/mol. The molecule has 1 atom stereocenters. The Kier molecular flexibility index (Phi) is 6.04. The number of para-hydroxylation sites is 1. The van der Waals surface area contributed by atoms with E-state index in [-0.39, 0.29) is 16.9 Å². The van der Waals surface area contributed by atoms with Crippen molar-refractivity contribution in [3.05, 3.63) is 29.8 Å². The first-order chi connectivity index (χ1) is 10.0. The molecule has 1 N–H and O–H groups in total. The fraction of sp³-hybridized carbons (Fsp3) is 0.632. The molecule has 0 unspecified atom stereocenters. The van der Waals surface area contributed by atoms with Crippen molar-refractivity contribution in [3.8, 4) is 5.75 Å². The van der Waals surface area contributed by atoms with Gasteiger partial charge in [-0.1, -0.05) is 45.9 Å². The van der Waals surface area contributed by atoms with Crippen molar-refractivity contribution < 1.29 is 9.53 Å². The van der Waals surface area contributed by atoms with Crippen molar-refractivity contribution in [2.45, 2.75) is 73.0 Å². The highest BCUT2D eigenvalue weighted by Crippen LogP contribution is 2.27. The molecule has 0 radical (unpaired) electrons. The fourth-order valence-electron chi connectivity index (χ4n) is 2.95. The van der Waals surface area contributed by atoms with Crippen molar-refractivity contribution in [1.29, 1.82) is 0 Å². The van der Waals surface area contributed by atoms with Gasteiger partial charge < -0.3 is 10.1 Å². The third-order valence-electron chi connectivity index (χ3n) is 3.46. The van der Waals surface area contributed by atoms with Crippen LogP contribution in [0, 0.1) is 12.3 Å². The zero-order valence-corrected chi connectivity index (χ0v) is 15.1.